The number of aliphatic hydroxyl groups excluding tert-OH is 3. The first-order chi connectivity index (χ1) is 23.5. The molecular weight excluding hydrogens is 634 g/mol. The van der Waals surface area contributed by atoms with Crippen LogP contribution in [-0.2, 0) is 15.9 Å². The van der Waals surface area contributed by atoms with Crippen LogP contribution < -0.4 is 10.1 Å². The standard InChI is InChI=1S/C37H51NO11/c1-4-5-6-7-8-9-10-11-15-38-23-16-27(48-20(2)32(23)41)49-25-18-37(46,26(40)19-39)17-22-29(25)36(45)31-30(34(22)43)33(42)21-13-12-14-24(47-3)28(21)35(31)44/h12-14,20,23,25-27,32,38-41,43,45-46H,4-11,15-19H2,1-3H3/t20-,23+,25-,26-,27+,32+,37+/m1/s1. The molecule has 12 heteroatoms. The molecule has 0 unspecified atom stereocenters. The molecule has 1 heterocycles. The third-order valence-electron chi connectivity index (χ3n) is 10.4. The van der Waals surface area contributed by atoms with Crippen LogP contribution in [0.25, 0.3) is 0 Å². The second-order valence-electron chi connectivity index (χ2n) is 13.7. The molecule has 0 radical (unpaired) electrons. The molecule has 270 valence electrons. The number of rotatable bonds is 15. The predicted molar refractivity (Wildman–Crippen MR) is 179 cm³/mol. The molecule has 1 fully saturated rings. The number of fused-ring (bicyclic) bond motifs is 3. The minimum Gasteiger partial charge on any atom is -0.507 e. The minimum atomic E-state index is -2.04. The number of carbonyl (C=O) groups excluding carboxylic acids is 2. The molecule has 5 rings (SSSR count). The van der Waals surface area contributed by atoms with Crippen LogP contribution in [0, 0.1) is 0 Å². The fourth-order valence-corrected chi connectivity index (χ4v) is 7.56. The average molecular weight is 686 g/mol. The van der Waals surface area contributed by atoms with E-state index in [1.54, 1.807) is 6.92 Å². The van der Waals surface area contributed by atoms with Gasteiger partial charge in [0, 0.05) is 42.0 Å². The largest absolute Gasteiger partial charge is 0.507 e. The van der Waals surface area contributed by atoms with Crippen LogP contribution in [0.1, 0.15) is 127 Å². The molecule has 12 nitrogen and oxygen atoms in total. The fourth-order valence-electron chi connectivity index (χ4n) is 7.56. The summed E-state index contributed by atoms with van der Waals surface area (Å²) in [5.41, 5.74) is -3.09. The Morgan fingerprint density at radius 1 is 1.00 bits per heavy atom. The second kappa shape index (κ2) is 15.8. The summed E-state index contributed by atoms with van der Waals surface area (Å²) in [4.78, 5) is 27.6. The molecule has 7 N–H and O–H groups in total. The van der Waals surface area contributed by atoms with Crippen LogP contribution in [0.15, 0.2) is 18.2 Å². The molecule has 3 aliphatic rings. The predicted octanol–water partition coefficient (Wildman–Crippen LogP) is 3.56. The van der Waals surface area contributed by atoms with Crippen molar-refractivity contribution in [3.05, 3.63) is 51.6 Å². The maximum Gasteiger partial charge on any atom is 0.202 e. The van der Waals surface area contributed by atoms with Crippen LogP contribution in [0.5, 0.6) is 17.2 Å². The summed E-state index contributed by atoms with van der Waals surface area (Å²) in [6.07, 6.45) is 3.42. The smallest absolute Gasteiger partial charge is 0.202 e. The Morgan fingerprint density at radius 3 is 2.35 bits per heavy atom. The maximum absolute atomic E-state index is 13.9. The molecule has 2 aromatic rings. The van der Waals surface area contributed by atoms with Gasteiger partial charge in [0.1, 0.15) is 23.4 Å². The Morgan fingerprint density at radius 2 is 1.67 bits per heavy atom. The molecule has 1 aliphatic heterocycles. The highest BCUT2D eigenvalue weighted by molar-refractivity contribution is 6.31. The van der Waals surface area contributed by atoms with E-state index in [1.165, 1.54) is 57.4 Å². The van der Waals surface area contributed by atoms with Crippen molar-refractivity contribution in [2.75, 3.05) is 20.3 Å². The van der Waals surface area contributed by atoms with Gasteiger partial charge in [-0.05, 0) is 26.0 Å². The number of nitrogens with one attached hydrogen (secondary N) is 1. The van der Waals surface area contributed by atoms with Crippen LogP contribution in [0.3, 0.4) is 0 Å². The Kier molecular flexibility index (Phi) is 12.0. The van der Waals surface area contributed by atoms with Crippen LogP contribution in [0.2, 0.25) is 0 Å². The van der Waals surface area contributed by atoms with Gasteiger partial charge in [-0.1, -0.05) is 64.0 Å². The third kappa shape index (κ3) is 7.37. The Balaban J connectivity index is 1.41. The molecule has 7 atom stereocenters. The van der Waals surface area contributed by atoms with E-state index in [-0.39, 0.29) is 40.8 Å². The van der Waals surface area contributed by atoms with Crippen molar-refractivity contribution in [2.24, 2.45) is 0 Å². The number of ether oxygens (including phenoxy) is 3. The Labute approximate surface area is 287 Å². The zero-order chi connectivity index (χ0) is 35.5. The van der Waals surface area contributed by atoms with E-state index in [4.69, 9.17) is 14.2 Å². The van der Waals surface area contributed by atoms with Gasteiger partial charge in [0.05, 0.1) is 54.3 Å². The normalized spacial score (nSPS) is 27.0. The van der Waals surface area contributed by atoms with Crippen molar-refractivity contribution in [1.82, 2.24) is 5.32 Å². The highest BCUT2D eigenvalue weighted by Gasteiger charge is 2.50. The first-order valence-corrected chi connectivity index (χ1v) is 17.6. The Hall–Kier alpha value is -3.10. The SMILES string of the molecule is CCCCCCCCCCN[C@H]1C[C@H](O[C@@H]2C[C@](O)([C@H](O)CO)Cc3c(O)c4c(c(O)c32)C(=O)c2c(OC)cccc2C4=O)O[C@H](C)[C@@H]1O. The lowest BCUT2D eigenvalue weighted by Crippen LogP contribution is -2.55. The molecule has 0 bridgehead atoms. The average Bonchev–Trinajstić information content (AvgIpc) is 3.08. The van der Waals surface area contributed by atoms with E-state index >= 15 is 0 Å². The minimum absolute atomic E-state index is 0.0190. The highest BCUT2D eigenvalue weighted by atomic mass is 16.7. The highest BCUT2D eigenvalue weighted by Crippen LogP contribution is 2.53. The number of aliphatic hydroxyl groups is 4. The number of hydrogen-bond donors (Lipinski definition) is 7. The van der Waals surface area contributed by atoms with Crippen LogP contribution >= 0.6 is 0 Å². The topological polar surface area (TPSA) is 195 Å². The van der Waals surface area contributed by atoms with E-state index < -0.39 is 89.6 Å². The molecule has 2 aromatic carbocycles. The third-order valence-corrected chi connectivity index (χ3v) is 10.4. The van der Waals surface area contributed by atoms with Gasteiger partial charge < -0.3 is 50.2 Å². The van der Waals surface area contributed by atoms with Crippen LogP contribution in [0.4, 0.5) is 0 Å². The second-order valence-corrected chi connectivity index (χ2v) is 13.7. The molecule has 0 saturated carbocycles. The molecule has 2 aliphatic carbocycles. The molecule has 1 saturated heterocycles. The van der Waals surface area contributed by atoms with Gasteiger partial charge in [0.15, 0.2) is 12.1 Å². The summed E-state index contributed by atoms with van der Waals surface area (Å²) >= 11 is 0. The lowest BCUT2D eigenvalue weighted by Gasteiger charge is -2.44. The number of ketones is 2. The summed E-state index contributed by atoms with van der Waals surface area (Å²) in [6.45, 7) is 3.79. The van der Waals surface area contributed by atoms with E-state index in [0.717, 1.165) is 19.3 Å². The number of hydrogen-bond acceptors (Lipinski definition) is 12. The number of benzene rings is 2. The first kappa shape index (κ1) is 37.2. The van der Waals surface area contributed by atoms with Crippen molar-refractivity contribution >= 4 is 11.6 Å². The number of unbranched alkanes of at least 4 members (excludes halogenated alkanes) is 7. The summed E-state index contributed by atoms with van der Waals surface area (Å²) in [7, 11) is 1.35. The van der Waals surface area contributed by atoms with Gasteiger partial charge in [-0.3, -0.25) is 9.59 Å². The Bertz CT molecular complexity index is 1510. The van der Waals surface area contributed by atoms with Crippen molar-refractivity contribution < 1.29 is 54.4 Å². The quantitative estimate of drug-likeness (QED) is 0.0910. The molecule has 0 spiro atoms. The number of phenolic OH excluding ortho intramolecular Hbond substituents is 2. The zero-order valence-corrected chi connectivity index (χ0v) is 28.6. The summed E-state index contributed by atoms with van der Waals surface area (Å²) < 4.78 is 17.7. The van der Waals surface area contributed by atoms with E-state index in [0.29, 0.717) is 6.54 Å². The molecular formula is C37H51NO11. The molecule has 0 aromatic heterocycles. The number of methoxy groups -OCH3 is 1. The van der Waals surface area contributed by atoms with Gasteiger partial charge in [-0.25, -0.2) is 0 Å². The van der Waals surface area contributed by atoms with E-state index in [2.05, 4.69) is 12.2 Å². The van der Waals surface area contributed by atoms with Crippen molar-refractivity contribution in [2.45, 2.75) is 127 Å². The van der Waals surface area contributed by atoms with Gasteiger partial charge in [0.25, 0.3) is 0 Å². The van der Waals surface area contributed by atoms with Gasteiger partial charge in [-0.2, -0.15) is 0 Å². The fraction of sp³-hybridized carbons (Fsp3) is 0.622. The molecule has 0 amide bonds. The summed E-state index contributed by atoms with van der Waals surface area (Å²) in [5.74, 6) is -2.57. The summed E-state index contributed by atoms with van der Waals surface area (Å²) in [6, 6.07) is 4.08. The molecule has 49 heavy (non-hydrogen) atoms. The van der Waals surface area contributed by atoms with Crippen molar-refractivity contribution in [3.8, 4) is 17.2 Å². The first-order valence-electron chi connectivity index (χ1n) is 17.6. The van der Waals surface area contributed by atoms with Crippen molar-refractivity contribution in [3.63, 3.8) is 0 Å². The van der Waals surface area contributed by atoms with Gasteiger partial charge in [-0.15, -0.1) is 0 Å². The lowest BCUT2D eigenvalue weighted by atomic mass is 9.71. The monoisotopic (exact) mass is 685 g/mol. The zero-order valence-electron chi connectivity index (χ0n) is 28.6. The maximum atomic E-state index is 13.9. The lowest BCUT2D eigenvalue weighted by molar-refractivity contribution is -0.253. The van der Waals surface area contributed by atoms with Gasteiger partial charge >= 0.3 is 0 Å². The van der Waals surface area contributed by atoms with Crippen LogP contribution in [-0.4, -0.2) is 98.7 Å². The number of carbonyl (C=O) groups is 2. The van der Waals surface area contributed by atoms with Crippen molar-refractivity contribution in [1.29, 1.82) is 0 Å². The van der Waals surface area contributed by atoms with E-state index in [1.807, 2.05) is 0 Å². The van der Waals surface area contributed by atoms with E-state index in [9.17, 15) is 40.2 Å². The number of phenols is 2. The summed E-state index contributed by atoms with van der Waals surface area (Å²) in [5, 5.41) is 69.8. The van der Waals surface area contributed by atoms with Gasteiger partial charge in [0.2, 0.25) is 5.78 Å². The number of aromatic hydroxyl groups is 2.